The molecular formula is C18H26N2O5S. The maximum Gasteiger partial charge on any atom is 0.329 e. The van der Waals surface area contributed by atoms with Gasteiger partial charge in [0.05, 0.1) is 0 Å². The minimum Gasteiger partial charge on any atom is -0.480 e. The molecule has 1 aliphatic heterocycles. The molecule has 1 unspecified atom stereocenters. The van der Waals surface area contributed by atoms with Crippen molar-refractivity contribution >= 4 is 29.3 Å². The van der Waals surface area contributed by atoms with Crippen LogP contribution in [0.15, 0.2) is 17.5 Å². The molecule has 26 heavy (non-hydrogen) atoms. The predicted octanol–water partition coefficient (Wildman–Crippen LogP) is 2.60. The van der Waals surface area contributed by atoms with Gasteiger partial charge in [0.1, 0.15) is 18.2 Å². The molecule has 1 saturated heterocycles. The average Bonchev–Trinajstić information content (AvgIpc) is 3.19. The van der Waals surface area contributed by atoms with Crippen LogP contribution >= 0.6 is 11.3 Å². The van der Waals surface area contributed by atoms with E-state index >= 15 is 0 Å². The highest BCUT2D eigenvalue weighted by Crippen LogP contribution is 2.23. The highest BCUT2D eigenvalue weighted by atomic mass is 32.1. The molecule has 1 aromatic heterocycles. The highest BCUT2D eigenvalue weighted by molar-refractivity contribution is 7.09. The molecule has 7 nitrogen and oxygen atoms in total. The van der Waals surface area contributed by atoms with Crippen molar-refractivity contribution in [3.05, 3.63) is 22.4 Å². The molecule has 2 heterocycles. The number of carboxylic acid groups (broad SMARTS) is 1. The minimum atomic E-state index is -1.07. The van der Waals surface area contributed by atoms with Crippen molar-refractivity contribution in [2.75, 3.05) is 19.6 Å². The summed E-state index contributed by atoms with van der Waals surface area (Å²) in [5.41, 5.74) is -0.631. The molecule has 144 valence electrons. The average molecular weight is 382 g/mol. The Hall–Kier alpha value is -2.09. The van der Waals surface area contributed by atoms with Gasteiger partial charge >= 0.3 is 18.0 Å². The molecule has 1 fully saturated rings. The number of thiophene rings is 1. The number of likely N-dealkylation sites (tertiary alicyclic amines) is 1. The van der Waals surface area contributed by atoms with Crippen LogP contribution in [-0.4, -0.2) is 64.2 Å². The SMILES string of the molecule is CC(C)(C)OC(=O)C1CCCN1C(=O)N(CCc1cccs1)CC(=O)O. The summed E-state index contributed by atoms with van der Waals surface area (Å²) in [6, 6.07) is 2.80. The standard InChI is InChI=1S/C18H26N2O5S/c1-18(2,3)25-16(23)14-7-4-9-20(14)17(24)19(12-15(21)22)10-8-13-6-5-11-26-13/h5-6,11,14H,4,7-10,12H2,1-3H3,(H,21,22). The van der Waals surface area contributed by atoms with Gasteiger partial charge in [-0.3, -0.25) is 4.79 Å². The second-order valence-electron chi connectivity index (χ2n) is 7.31. The van der Waals surface area contributed by atoms with E-state index in [0.29, 0.717) is 32.4 Å². The fourth-order valence-corrected chi connectivity index (χ4v) is 3.60. The number of rotatable bonds is 6. The van der Waals surface area contributed by atoms with Crippen LogP contribution in [0.2, 0.25) is 0 Å². The van der Waals surface area contributed by atoms with E-state index in [1.54, 1.807) is 32.1 Å². The fourth-order valence-electron chi connectivity index (χ4n) is 2.90. The van der Waals surface area contributed by atoms with Crippen LogP contribution in [0.5, 0.6) is 0 Å². The normalized spacial score (nSPS) is 17.2. The number of ether oxygens (including phenoxy) is 1. The van der Waals surface area contributed by atoms with Gasteiger partial charge in [-0.15, -0.1) is 11.3 Å². The van der Waals surface area contributed by atoms with E-state index in [2.05, 4.69) is 0 Å². The summed E-state index contributed by atoms with van der Waals surface area (Å²) < 4.78 is 5.42. The molecule has 0 spiro atoms. The van der Waals surface area contributed by atoms with E-state index in [1.165, 1.54) is 9.80 Å². The number of carbonyl (C=O) groups is 3. The van der Waals surface area contributed by atoms with Crippen molar-refractivity contribution < 1.29 is 24.2 Å². The molecule has 0 radical (unpaired) electrons. The summed E-state index contributed by atoms with van der Waals surface area (Å²) in [6.45, 7) is 5.68. The lowest BCUT2D eigenvalue weighted by Gasteiger charge is -2.31. The van der Waals surface area contributed by atoms with Crippen LogP contribution in [-0.2, 0) is 20.7 Å². The molecule has 8 heteroatoms. The van der Waals surface area contributed by atoms with E-state index < -0.39 is 29.6 Å². The Balaban J connectivity index is 2.07. The summed E-state index contributed by atoms with van der Waals surface area (Å²) in [6.07, 6.45) is 1.82. The molecule has 1 aromatic rings. The minimum absolute atomic E-state index is 0.295. The van der Waals surface area contributed by atoms with Gasteiger partial charge in [-0.1, -0.05) is 6.07 Å². The van der Waals surface area contributed by atoms with Gasteiger partial charge in [-0.05, 0) is 51.5 Å². The lowest BCUT2D eigenvalue weighted by molar-refractivity contribution is -0.159. The number of amides is 2. The van der Waals surface area contributed by atoms with Gasteiger partial charge in [-0.2, -0.15) is 0 Å². The first-order chi connectivity index (χ1) is 12.2. The predicted molar refractivity (Wildman–Crippen MR) is 98.2 cm³/mol. The first-order valence-electron chi connectivity index (χ1n) is 8.70. The van der Waals surface area contributed by atoms with Gasteiger partial charge in [-0.25, -0.2) is 9.59 Å². The van der Waals surface area contributed by atoms with Gasteiger partial charge in [0, 0.05) is 18.0 Å². The van der Waals surface area contributed by atoms with Crippen LogP contribution in [0.4, 0.5) is 4.79 Å². The number of urea groups is 1. The van der Waals surface area contributed by atoms with E-state index in [0.717, 1.165) is 4.88 Å². The third kappa shape index (κ3) is 5.72. The molecule has 2 amide bonds. The molecule has 0 bridgehead atoms. The van der Waals surface area contributed by atoms with E-state index in [9.17, 15) is 14.4 Å². The van der Waals surface area contributed by atoms with Crippen LogP contribution in [0.1, 0.15) is 38.5 Å². The van der Waals surface area contributed by atoms with E-state index in [-0.39, 0.29) is 6.54 Å². The lowest BCUT2D eigenvalue weighted by Crippen LogP contribution is -2.51. The second kappa shape index (κ2) is 8.53. The van der Waals surface area contributed by atoms with Gasteiger partial charge in [0.15, 0.2) is 0 Å². The van der Waals surface area contributed by atoms with Crippen molar-refractivity contribution in [3.8, 4) is 0 Å². The third-order valence-electron chi connectivity index (χ3n) is 3.98. The van der Waals surface area contributed by atoms with Gasteiger partial charge in [0.2, 0.25) is 0 Å². The number of hydrogen-bond acceptors (Lipinski definition) is 5. The van der Waals surface area contributed by atoms with Crippen molar-refractivity contribution in [1.82, 2.24) is 9.80 Å². The fraction of sp³-hybridized carbons (Fsp3) is 0.611. The van der Waals surface area contributed by atoms with Crippen molar-refractivity contribution in [1.29, 1.82) is 0 Å². The Labute approximate surface area is 157 Å². The molecule has 1 N–H and O–H groups in total. The zero-order chi connectivity index (χ0) is 19.3. The largest absolute Gasteiger partial charge is 0.480 e. The highest BCUT2D eigenvalue weighted by Gasteiger charge is 2.39. The number of hydrogen-bond donors (Lipinski definition) is 1. The number of carbonyl (C=O) groups excluding carboxylic acids is 2. The maximum atomic E-state index is 12.9. The Morgan fingerprint density at radius 2 is 2.12 bits per heavy atom. The van der Waals surface area contributed by atoms with Crippen LogP contribution < -0.4 is 0 Å². The molecule has 1 atom stereocenters. The number of aliphatic carboxylic acids is 1. The van der Waals surface area contributed by atoms with Crippen LogP contribution in [0.25, 0.3) is 0 Å². The summed E-state index contributed by atoms with van der Waals surface area (Å²) in [5.74, 6) is -1.51. The molecular weight excluding hydrogens is 356 g/mol. The Morgan fingerprint density at radius 3 is 2.69 bits per heavy atom. The van der Waals surface area contributed by atoms with Crippen molar-refractivity contribution in [2.24, 2.45) is 0 Å². The van der Waals surface area contributed by atoms with Crippen molar-refractivity contribution in [2.45, 2.75) is 51.7 Å². The Bertz CT molecular complexity index is 639. The number of nitrogens with zero attached hydrogens (tertiary/aromatic N) is 2. The summed E-state index contributed by atoms with van der Waals surface area (Å²) in [5, 5.41) is 11.1. The van der Waals surface area contributed by atoms with Crippen LogP contribution in [0, 0.1) is 0 Å². The smallest absolute Gasteiger partial charge is 0.329 e. The lowest BCUT2D eigenvalue weighted by atomic mass is 10.1. The number of esters is 1. The third-order valence-corrected chi connectivity index (χ3v) is 4.92. The second-order valence-corrected chi connectivity index (χ2v) is 8.34. The summed E-state index contributed by atoms with van der Waals surface area (Å²) >= 11 is 1.57. The monoisotopic (exact) mass is 382 g/mol. The zero-order valence-corrected chi connectivity index (χ0v) is 16.3. The molecule has 0 aromatic carbocycles. The number of carboxylic acids is 1. The molecule has 1 aliphatic rings. The maximum absolute atomic E-state index is 12.9. The Morgan fingerprint density at radius 1 is 1.38 bits per heavy atom. The Kier molecular flexibility index (Phi) is 6.63. The van der Waals surface area contributed by atoms with Gasteiger partial charge in [0.25, 0.3) is 0 Å². The first kappa shape index (κ1) is 20.2. The van der Waals surface area contributed by atoms with E-state index in [1.807, 2.05) is 17.5 Å². The van der Waals surface area contributed by atoms with Crippen molar-refractivity contribution in [3.63, 3.8) is 0 Å². The quantitative estimate of drug-likeness (QED) is 0.764. The molecule has 0 saturated carbocycles. The molecule has 0 aliphatic carbocycles. The summed E-state index contributed by atoms with van der Waals surface area (Å²) in [4.78, 5) is 40.3. The first-order valence-corrected chi connectivity index (χ1v) is 9.58. The van der Waals surface area contributed by atoms with Gasteiger partial charge < -0.3 is 19.6 Å². The molecule has 2 rings (SSSR count). The zero-order valence-electron chi connectivity index (χ0n) is 15.4. The topological polar surface area (TPSA) is 87.2 Å². The van der Waals surface area contributed by atoms with E-state index in [4.69, 9.17) is 9.84 Å². The van der Waals surface area contributed by atoms with Crippen LogP contribution in [0.3, 0.4) is 0 Å². The summed E-state index contributed by atoms with van der Waals surface area (Å²) in [7, 11) is 0.